The number of ether oxygens (including phenoxy) is 1. The summed E-state index contributed by atoms with van der Waals surface area (Å²) in [5, 5.41) is 6.78. The molecule has 0 atom stereocenters. The van der Waals surface area contributed by atoms with Crippen molar-refractivity contribution < 1.29 is 9.53 Å². The molecule has 0 unspecified atom stereocenters. The van der Waals surface area contributed by atoms with Crippen LogP contribution in [0.2, 0.25) is 0 Å². The number of carbonyl (C=O) groups is 1. The maximum atomic E-state index is 11.6. The molecule has 160 valence electrons. The highest BCUT2D eigenvalue weighted by Gasteiger charge is 2.16. The lowest BCUT2D eigenvalue weighted by Gasteiger charge is -2.22. The summed E-state index contributed by atoms with van der Waals surface area (Å²) in [5.74, 6) is 0.353. The molecule has 0 bridgehead atoms. The van der Waals surface area contributed by atoms with Crippen molar-refractivity contribution in [3.05, 3.63) is 75.4 Å². The van der Waals surface area contributed by atoms with E-state index in [1.807, 2.05) is 16.8 Å². The van der Waals surface area contributed by atoms with E-state index < -0.39 is 0 Å². The Kier molecular flexibility index (Phi) is 6.77. The molecular weight excluding hydrogens is 406 g/mol. The van der Waals surface area contributed by atoms with Gasteiger partial charge >= 0.3 is 5.97 Å². The summed E-state index contributed by atoms with van der Waals surface area (Å²) < 4.78 is 6.62. The van der Waals surface area contributed by atoms with Crippen LogP contribution >= 0.6 is 11.3 Å². The molecule has 1 saturated carbocycles. The highest BCUT2D eigenvalue weighted by atomic mass is 32.1. The summed E-state index contributed by atoms with van der Waals surface area (Å²) >= 11 is 1.57. The third kappa shape index (κ3) is 4.85. The molecule has 0 radical (unpaired) electrons. The molecule has 6 heteroatoms. The van der Waals surface area contributed by atoms with Gasteiger partial charge in [-0.2, -0.15) is 5.10 Å². The highest BCUT2D eigenvalue weighted by molar-refractivity contribution is 7.07. The van der Waals surface area contributed by atoms with E-state index in [1.54, 1.807) is 36.7 Å². The van der Waals surface area contributed by atoms with E-state index in [1.165, 1.54) is 44.8 Å². The number of carbonyl (C=O) groups excluding carboxylic acids is 1. The molecule has 31 heavy (non-hydrogen) atoms. The molecule has 1 aromatic heterocycles. The fourth-order valence-corrected chi connectivity index (χ4v) is 4.87. The molecule has 3 aromatic rings. The molecule has 0 saturated heterocycles. The topological polar surface area (TPSA) is 56.0 Å². The molecule has 0 spiro atoms. The van der Waals surface area contributed by atoms with Gasteiger partial charge in [-0.3, -0.25) is 4.99 Å². The minimum atomic E-state index is -0.346. The summed E-state index contributed by atoms with van der Waals surface area (Å²) in [5.41, 5.74) is 5.00. The van der Waals surface area contributed by atoms with Crippen molar-refractivity contribution in [2.45, 2.75) is 38.0 Å². The number of nitrogens with zero attached hydrogens (tertiary/aromatic N) is 3. The van der Waals surface area contributed by atoms with Crippen molar-refractivity contribution in [3.63, 3.8) is 0 Å². The van der Waals surface area contributed by atoms with Crippen molar-refractivity contribution in [1.29, 1.82) is 0 Å². The lowest BCUT2D eigenvalue weighted by molar-refractivity contribution is 0.0600. The quantitative estimate of drug-likeness (QED) is 0.396. The maximum Gasteiger partial charge on any atom is 0.337 e. The molecule has 2 aromatic carbocycles. The van der Waals surface area contributed by atoms with Gasteiger partial charge < -0.3 is 4.74 Å². The van der Waals surface area contributed by atoms with Gasteiger partial charge in [-0.05, 0) is 42.0 Å². The van der Waals surface area contributed by atoms with Gasteiger partial charge in [0.25, 0.3) is 0 Å². The summed E-state index contributed by atoms with van der Waals surface area (Å²) in [4.78, 5) is 16.8. The number of hydrogen-bond donors (Lipinski definition) is 0. The fraction of sp³-hybridized carbons (Fsp3) is 0.320. The van der Waals surface area contributed by atoms with Gasteiger partial charge in [0.15, 0.2) is 0 Å². The van der Waals surface area contributed by atoms with E-state index in [4.69, 9.17) is 4.74 Å². The Labute approximate surface area is 186 Å². The van der Waals surface area contributed by atoms with E-state index >= 15 is 0 Å². The molecule has 5 nitrogen and oxygen atoms in total. The summed E-state index contributed by atoms with van der Waals surface area (Å²) in [6, 6.07) is 16.1. The molecule has 4 rings (SSSR count). The average Bonchev–Trinajstić information content (AvgIpc) is 3.26. The molecule has 1 aliphatic carbocycles. The predicted molar refractivity (Wildman–Crippen MR) is 126 cm³/mol. The van der Waals surface area contributed by atoms with E-state index in [0.717, 1.165) is 21.6 Å². The van der Waals surface area contributed by atoms with Crippen molar-refractivity contribution in [3.8, 4) is 11.3 Å². The highest BCUT2D eigenvalue weighted by Crippen LogP contribution is 2.33. The van der Waals surface area contributed by atoms with E-state index in [0.29, 0.717) is 11.5 Å². The van der Waals surface area contributed by atoms with Crippen LogP contribution in [0, 0.1) is 0 Å². The first-order valence-electron chi connectivity index (χ1n) is 10.7. The van der Waals surface area contributed by atoms with E-state index in [2.05, 4.69) is 39.7 Å². The Morgan fingerprint density at radius 1 is 1.06 bits per heavy atom. The van der Waals surface area contributed by atoms with Crippen LogP contribution in [-0.4, -0.2) is 31.0 Å². The SMILES string of the molecule is CN=c1scc(-c2ccc(C3CCCCC3)cc2)n1/N=C\c1ccc(C(=O)OC)cc1. The molecule has 0 aliphatic heterocycles. The Morgan fingerprint density at radius 2 is 1.77 bits per heavy atom. The standard InChI is InChI=1S/C25H27N3O2S/c1-26-25-28(27-16-18-8-10-22(11-9-18)24(29)30-2)23(17-31-25)21-14-12-20(13-15-21)19-6-4-3-5-7-19/h8-17,19H,3-7H2,1-2H3/b26-25?,27-16-. The average molecular weight is 434 g/mol. The van der Waals surface area contributed by atoms with Crippen molar-refractivity contribution in [2.75, 3.05) is 14.2 Å². The number of thiazole rings is 1. The van der Waals surface area contributed by atoms with Crippen molar-refractivity contribution >= 4 is 23.5 Å². The molecule has 0 amide bonds. The van der Waals surface area contributed by atoms with Gasteiger partial charge in [0.05, 0.1) is 24.6 Å². The van der Waals surface area contributed by atoms with Gasteiger partial charge in [0, 0.05) is 18.0 Å². The predicted octanol–water partition coefficient (Wildman–Crippen LogP) is 5.46. The van der Waals surface area contributed by atoms with Gasteiger partial charge in [0.2, 0.25) is 4.80 Å². The third-order valence-electron chi connectivity index (χ3n) is 5.81. The maximum absolute atomic E-state index is 11.6. The Balaban J connectivity index is 1.59. The Morgan fingerprint density at radius 3 is 2.42 bits per heavy atom. The number of hydrogen-bond acceptors (Lipinski definition) is 5. The molecule has 1 heterocycles. The molecular formula is C25H27N3O2S. The molecule has 0 N–H and O–H groups in total. The number of esters is 1. The van der Waals surface area contributed by atoms with Gasteiger partial charge in [-0.15, -0.1) is 11.3 Å². The normalized spacial score (nSPS) is 15.5. The number of rotatable bonds is 5. The third-order valence-corrected chi connectivity index (χ3v) is 6.72. The largest absolute Gasteiger partial charge is 0.465 e. The van der Waals surface area contributed by atoms with Crippen LogP contribution in [0.15, 0.2) is 64.0 Å². The lowest BCUT2D eigenvalue weighted by atomic mass is 9.84. The first-order chi connectivity index (χ1) is 15.2. The van der Waals surface area contributed by atoms with Gasteiger partial charge in [-0.25, -0.2) is 9.47 Å². The van der Waals surface area contributed by atoms with Crippen LogP contribution in [0.4, 0.5) is 0 Å². The first kappa shape index (κ1) is 21.2. The van der Waals surface area contributed by atoms with Gasteiger partial charge in [0.1, 0.15) is 0 Å². The van der Waals surface area contributed by atoms with Crippen LogP contribution in [0.25, 0.3) is 11.3 Å². The summed E-state index contributed by atoms with van der Waals surface area (Å²) in [6.07, 6.45) is 8.44. The molecule has 1 aliphatic rings. The zero-order valence-corrected chi connectivity index (χ0v) is 18.8. The minimum Gasteiger partial charge on any atom is -0.465 e. The monoisotopic (exact) mass is 433 g/mol. The van der Waals surface area contributed by atoms with Crippen LogP contribution < -0.4 is 4.80 Å². The zero-order valence-electron chi connectivity index (χ0n) is 18.0. The van der Waals surface area contributed by atoms with E-state index in [9.17, 15) is 4.79 Å². The number of aromatic nitrogens is 1. The van der Waals surface area contributed by atoms with Crippen LogP contribution in [0.1, 0.15) is 59.5 Å². The fourth-order valence-electron chi connectivity index (χ4n) is 4.07. The van der Waals surface area contributed by atoms with Crippen LogP contribution in [-0.2, 0) is 4.74 Å². The zero-order chi connectivity index (χ0) is 21.6. The smallest absolute Gasteiger partial charge is 0.337 e. The summed E-state index contributed by atoms with van der Waals surface area (Å²) in [7, 11) is 3.16. The lowest BCUT2D eigenvalue weighted by Crippen LogP contribution is -2.11. The van der Waals surface area contributed by atoms with Gasteiger partial charge in [-0.1, -0.05) is 55.7 Å². The Bertz CT molecular complexity index is 1120. The molecule has 1 fully saturated rings. The van der Waals surface area contributed by atoms with Crippen LogP contribution in [0.3, 0.4) is 0 Å². The van der Waals surface area contributed by atoms with Crippen LogP contribution in [0.5, 0.6) is 0 Å². The minimum absolute atomic E-state index is 0.346. The Hall–Kier alpha value is -2.99. The second-order valence-electron chi connectivity index (χ2n) is 7.75. The second-order valence-corrected chi connectivity index (χ2v) is 8.59. The number of benzene rings is 2. The van der Waals surface area contributed by atoms with Crippen molar-refractivity contribution in [1.82, 2.24) is 4.68 Å². The first-order valence-corrected chi connectivity index (χ1v) is 11.5. The second kappa shape index (κ2) is 9.88. The van der Waals surface area contributed by atoms with E-state index in [-0.39, 0.29) is 5.97 Å². The van der Waals surface area contributed by atoms with Crippen molar-refractivity contribution in [2.24, 2.45) is 10.1 Å². The summed E-state index contributed by atoms with van der Waals surface area (Å²) in [6.45, 7) is 0. The number of methoxy groups -OCH3 is 1.